The minimum Gasteiger partial charge on any atom is -0.465 e. The molecule has 0 radical (unpaired) electrons. The van der Waals surface area contributed by atoms with Crippen LogP contribution in [0.2, 0.25) is 0 Å². The third kappa shape index (κ3) is 2.86. The number of nitrogens with zero attached hydrogens (tertiary/aromatic N) is 1. The summed E-state index contributed by atoms with van der Waals surface area (Å²) in [6.45, 7) is 0. The second-order valence-electron chi connectivity index (χ2n) is 6.41. The molecular formula is C22H19NO3. The van der Waals surface area contributed by atoms with Crippen molar-refractivity contribution in [2.24, 2.45) is 5.41 Å². The van der Waals surface area contributed by atoms with E-state index >= 15 is 0 Å². The summed E-state index contributed by atoms with van der Waals surface area (Å²) in [5, 5.41) is 21.2. The molecule has 1 atom stereocenters. The molecule has 26 heavy (non-hydrogen) atoms. The standard InChI is InChI=1S/C22H19NO3/c1-26-20(24)19-11-6-5-8-17(19)12-15-22(25,18-9-3-2-4-10-18)21(16-23)13-7-14-21/h2-6,8-11,25H,7,13-14H2,1H3. The molecule has 1 aliphatic carbocycles. The van der Waals surface area contributed by atoms with Gasteiger partial charge in [-0.25, -0.2) is 4.79 Å². The number of carbonyl (C=O) groups excluding carboxylic acids is 1. The summed E-state index contributed by atoms with van der Waals surface area (Å²) in [7, 11) is 1.31. The zero-order chi connectivity index (χ0) is 18.6. The summed E-state index contributed by atoms with van der Waals surface area (Å²) in [5.41, 5.74) is -1.17. The van der Waals surface area contributed by atoms with Gasteiger partial charge in [-0.05, 0) is 37.0 Å². The van der Waals surface area contributed by atoms with Gasteiger partial charge in [0.05, 0.1) is 18.7 Å². The van der Waals surface area contributed by atoms with Crippen LogP contribution in [0.15, 0.2) is 54.6 Å². The fourth-order valence-corrected chi connectivity index (χ4v) is 3.27. The normalized spacial score (nSPS) is 16.8. The van der Waals surface area contributed by atoms with Crippen LogP contribution in [-0.2, 0) is 10.3 Å². The lowest BCUT2D eigenvalue weighted by molar-refractivity contribution is -0.0531. The number of hydrogen-bond donors (Lipinski definition) is 1. The van der Waals surface area contributed by atoms with Gasteiger partial charge in [0, 0.05) is 5.56 Å². The highest BCUT2D eigenvalue weighted by molar-refractivity contribution is 5.92. The van der Waals surface area contributed by atoms with Gasteiger partial charge in [-0.15, -0.1) is 0 Å². The van der Waals surface area contributed by atoms with Crippen molar-refractivity contribution < 1.29 is 14.6 Å². The van der Waals surface area contributed by atoms with Gasteiger partial charge in [-0.2, -0.15) is 5.26 Å². The van der Waals surface area contributed by atoms with E-state index in [0.717, 1.165) is 6.42 Å². The Hall–Kier alpha value is -3.08. The third-order valence-corrected chi connectivity index (χ3v) is 5.02. The molecule has 0 spiro atoms. The van der Waals surface area contributed by atoms with Crippen molar-refractivity contribution >= 4 is 5.97 Å². The van der Waals surface area contributed by atoms with Crippen molar-refractivity contribution in [3.05, 3.63) is 71.3 Å². The summed E-state index contributed by atoms with van der Waals surface area (Å²) >= 11 is 0. The van der Waals surface area contributed by atoms with Crippen LogP contribution in [0, 0.1) is 28.6 Å². The Morgan fingerprint density at radius 2 is 1.81 bits per heavy atom. The zero-order valence-corrected chi connectivity index (χ0v) is 14.5. The van der Waals surface area contributed by atoms with Gasteiger partial charge in [-0.1, -0.05) is 54.3 Å². The molecular weight excluding hydrogens is 326 g/mol. The molecule has 2 aromatic rings. The van der Waals surface area contributed by atoms with Crippen molar-refractivity contribution in [1.29, 1.82) is 5.26 Å². The third-order valence-electron chi connectivity index (χ3n) is 5.02. The average molecular weight is 345 g/mol. The number of carbonyl (C=O) groups is 1. The Morgan fingerprint density at radius 3 is 2.38 bits per heavy atom. The van der Waals surface area contributed by atoms with Crippen LogP contribution in [0.5, 0.6) is 0 Å². The second kappa shape index (κ2) is 7.04. The number of nitriles is 1. The maximum atomic E-state index is 11.9. The van der Waals surface area contributed by atoms with Crippen molar-refractivity contribution in [2.45, 2.75) is 24.9 Å². The van der Waals surface area contributed by atoms with Crippen LogP contribution in [0.1, 0.15) is 40.7 Å². The van der Waals surface area contributed by atoms with E-state index in [0.29, 0.717) is 29.5 Å². The number of rotatable bonds is 3. The molecule has 2 aromatic carbocycles. The predicted molar refractivity (Wildman–Crippen MR) is 96.9 cm³/mol. The number of ether oxygens (including phenoxy) is 1. The van der Waals surface area contributed by atoms with E-state index in [2.05, 4.69) is 17.9 Å². The molecule has 3 rings (SSSR count). The predicted octanol–water partition coefficient (Wildman–Crippen LogP) is 3.41. The molecule has 4 heteroatoms. The van der Waals surface area contributed by atoms with Crippen LogP contribution in [0.3, 0.4) is 0 Å². The van der Waals surface area contributed by atoms with E-state index in [1.54, 1.807) is 36.4 Å². The van der Waals surface area contributed by atoms with Gasteiger partial charge in [-0.3, -0.25) is 0 Å². The van der Waals surface area contributed by atoms with E-state index in [-0.39, 0.29) is 0 Å². The number of benzene rings is 2. The van der Waals surface area contributed by atoms with Crippen LogP contribution in [0.25, 0.3) is 0 Å². The molecule has 1 N–H and O–H groups in total. The van der Waals surface area contributed by atoms with Gasteiger partial charge in [0.2, 0.25) is 0 Å². The lowest BCUT2D eigenvalue weighted by Crippen LogP contribution is -2.48. The maximum absolute atomic E-state index is 11.9. The lowest BCUT2D eigenvalue weighted by atomic mass is 9.57. The van der Waals surface area contributed by atoms with E-state index in [4.69, 9.17) is 4.74 Å². The molecule has 1 unspecified atom stereocenters. The molecule has 0 bridgehead atoms. The van der Waals surface area contributed by atoms with Crippen molar-refractivity contribution in [2.75, 3.05) is 7.11 Å². The second-order valence-corrected chi connectivity index (χ2v) is 6.41. The number of aliphatic hydroxyl groups is 1. The maximum Gasteiger partial charge on any atom is 0.339 e. The molecule has 0 heterocycles. The molecule has 1 fully saturated rings. The minimum absolute atomic E-state index is 0.331. The first kappa shape index (κ1) is 17.7. The Morgan fingerprint density at radius 1 is 1.15 bits per heavy atom. The Kier molecular flexibility index (Phi) is 4.80. The van der Waals surface area contributed by atoms with Gasteiger partial charge in [0.1, 0.15) is 5.41 Å². The SMILES string of the molecule is COC(=O)c1ccccc1C#CC(O)(c1ccccc1)C1(C#N)CCC1. The zero-order valence-electron chi connectivity index (χ0n) is 14.5. The minimum atomic E-state index is -1.61. The summed E-state index contributed by atoms with van der Waals surface area (Å²) < 4.78 is 4.79. The van der Waals surface area contributed by atoms with Gasteiger partial charge in [0.15, 0.2) is 5.60 Å². The van der Waals surface area contributed by atoms with Crippen LogP contribution in [-0.4, -0.2) is 18.2 Å². The fourth-order valence-electron chi connectivity index (χ4n) is 3.27. The molecule has 1 saturated carbocycles. The summed E-state index contributed by atoms with van der Waals surface area (Å²) in [6.07, 6.45) is 2.05. The molecule has 0 aliphatic heterocycles. The topological polar surface area (TPSA) is 70.3 Å². The van der Waals surface area contributed by atoms with E-state index < -0.39 is 17.0 Å². The fraction of sp³-hybridized carbons (Fsp3) is 0.273. The first-order valence-corrected chi connectivity index (χ1v) is 8.46. The Balaban J connectivity index is 2.12. The molecule has 4 nitrogen and oxygen atoms in total. The number of esters is 1. The number of methoxy groups -OCH3 is 1. The highest BCUT2D eigenvalue weighted by Crippen LogP contribution is 2.53. The molecule has 1 aliphatic rings. The number of hydrogen-bond acceptors (Lipinski definition) is 4. The summed E-state index contributed by atoms with van der Waals surface area (Å²) in [5.74, 6) is 5.35. The van der Waals surface area contributed by atoms with Gasteiger partial charge < -0.3 is 9.84 Å². The Bertz CT molecular complexity index is 914. The van der Waals surface area contributed by atoms with Crippen LogP contribution < -0.4 is 0 Å². The average Bonchev–Trinajstić information content (AvgIpc) is 2.66. The monoisotopic (exact) mass is 345 g/mol. The molecule has 0 aromatic heterocycles. The van der Waals surface area contributed by atoms with Crippen molar-refractivity contribution in [1.82, 2.24) is 0 Å². The molecule has 130 valence electrons. The highest BCUT2D eigenvalue weighted by Gasteiger charge is 2.55. The lowest BCUT2D eigenvalue weighted by Gasteiger charge is -2.45. The Labute approximate surface area is 153 Å². The van der Waals surface area contributed by atoms with E-state index in [1.807, 2.05) is 18.2 Å². The first-order valence-electron chi connectivity index (χ1n) is 8.46. The smallest absolute Gasteiger partial charge is 0.339 e. The van der Waals surface area contributed by atoms with Crippen molar-refractivity contribution in [3.8, 4) is 17.9 Å². The molecule has 0 saturated heterocycles. The van der Waals surface area contributed by atoms with Crippen molar-refractivity contribution in [3.63, 3.8) is 0 Å². The van der Waals surface area contributed by atoms with Crippen LogP contribution >= 0.6 is 0 Å². The van der Waals surface area contributed by atoms with Crippen LogP contribution in [0.4, 0.5) is 0 Å². The first-order chi connectivity index (χ1) is 12.6. The quantitative estimate of drug-likeness (QED) is 0.684. The van der Waals surface area contributed by atoms with Gasteiger partial charge in [0.25, 0.3) is 0 Å². The van der Waals surface area contributed by atoms with E-state index in [9.17, 15) is 15.2 Å². The van der Waals surface area contributed by atoms with E-state index in [1.165, 1.54) is 7.11 Å². The van der Waals surface area contributed by atoms with Gasteiger partial charge >= 0.3 is 5.97 Å². The summed E-state index contributed by atoms with van der Waals surface area (Å²) in [4.78, 5) is 11.9. The summed E-state index contributed by atoms with van der Waals surface area (Å²) in [6, 6.07) is 18.1. The largest absolute Gasteiger partial charge is 0.465 e. The highest BCUT2D eigenvalue weighted by atomic mass is 16.5. The molecule has 0 amide bonds.